The highest BCUT2D eigenvalue weighted by molar-refractivity contribution is 7.99. The molecule has 1 aliphatic heterocycles. The van der Waals surface area contributed by atoms with Gasteiger partial charge in [-0.1, -0.05) is 0 Å². The molecule has 0 unspecified atom stereocenters. The molecular weight excluding hydrogens is 204 g/mol. The van der Waals surface area contributed by atoms with Gasteiger partial charge in [0.1, 0.15) is 0 Å². The molecule has 0 bridgehead atoms. The molecule has 0 aromatic carbocycles. The molecule has 0 amide bonds. The molecule has 1 aromatic rings. The van der Waals surface area contributed by atoms with Gasteiger partial charge in [-0.05, 0) is 48.5 Å². The van der Waals surface area contributed by atoms with Gasteiger partial charge in [0.25, 0.3) is 0 Å². The lowest BCUT2D eigenvalue weighted by Crippen LogP contribution is -2.32. The van der Waals surface area contributed by atoms with E-state index >= 15 is 0 Å². The van der Waals surface area contributed by atoms with Gasteiger partial charge in [0.15, 0.2) is 0 Å². The van der Waals surface area contributed by atoms with Crippen LogP contribution in [-0.4, -0.2) is 22.5 Å². The van der Waals surface area contributed by atoms with Gasteiger partial charge in [-0.15, -0.1) is 0 Å². The van der Waals surface area contributed by atoms with Gasteiger partial charge in [0, 0.05) is 25.0 Å². The first-order valence-electron chi connectivity index (χ1n) is 5.57. The van der Waals surface area contributed by atoms with Crippen LogP contribution in [0.3, 0.4) is 0 Å². The van der Waals surface area contributed by atoms with Crippen molar-refractivity contribution in [2.45, 2.75) is 32.4 Å². The van der Waals surface area contributed by atoms with E-state index in [1.807, 2.05) is 12.4 Å². The number of aryl methyl sites for hydroxylation is 1. The van der Waals surface area contributed by atoms with Gasteiger partial charge in [-0.3, -0.25) is 4.98 Å². The minimum Gasteiger partial charge on any atom is -0.310 e. The Bertz CT molecular complexity index is 308. The third-order valence-corrected chi connectivity index (χ3v) is 3.99. The van der Waals surface area contributed by atoms with E-state index in [2.05, 4.69) is 35.1 Å². The molecule has 1 aromatic heterocycles. The van der Waals surface area contributed by atoms with E-state index in [-0.39, 0.29) is 0 Å². The summed E-state index contributed by atoms with van der Waals surface area (Å²) in [4.78, 5) is 4.11. The van der Waals surface area contributed by atoms with Crippen LogP contribution in [0.4, 0.5) is 0 Å². The van der Waals surface area contributed by atoms with Crippen molar-refractivity contribution >= 4 is 11.8 Å². The molecule has 2 rings (SSSR count). The first-order chi connectivity index (χ1) is 7.36. The van der Waals surface area contributed by atoms with Crippen LogP contribution in [0.15, 0.2) is 18.5 Å². The van der Waals surface area contributed by atoms with E-state index in [4.69, 9.17) is 0 Å². The van der Waals surface area contributed by atoms with Crippen molar-refractivity contribution < 1.29 is 0 Å². The molecule has 15 heavy (non-hydrogen) atoms. The predicted octanol–water partition coefficient (Wildman–Crippen LogP) is 2.38. The van der Waals surface area contributed by atoms with Crippen LogP contribution in [0.2, 0.25) is 0 Å². The molecule has 1 N–H and O–H groups in total. The molecule has 1 fully saturated rings. The second-order valence-corrected chi connectivity index (χ2v) is 5.29. The van der Waals surface area contributed by atoms with Crippen molar-refractivity contribution in [3.05, 3.63) is 29.6 Å². The molecule has 82 valence electrons. The molecule has 2 heterocycles. The Hall–Kier alpha value is -0.540. The summed E-state index contributed by atoms with van der Waals surface area (Å²) in [6.07, 6.45) is 6.44. The Morgan fingerprint density at radius 3 is 3.00 bits per heavy atom. The topological polar surface area (TPSA) is 24.9 Å². The molecular formula is C12H18N2S. The summed E-state index contributed by atoms with van der Waals surface area (Å²) in [7, 11) is 0. The summed E-state index contributed by atoms with van der Waals surface area (Å²) in [6, 6.07) is 2.83. The van der Waals surface area contributed by atoms with E-state index in [1.165, 1.54) is 35.5 Å². The smallest absolute Gasteiger partial charge is 0.0300 e. The average molecular weight is 222 g/mol. The third kappa shape index (κ3) is 3.21. The normalized spacial score (nSPS) is 17.9. The summed E-state index contributed by atoms with van der Waals surface area (Å²) in [5.74, 6) is 2.62. The summed E-state index contributed by atoms with van der Waals surface area (Å²) >= 11 is 2.07. The summed E-state index contributed by atoms with van der Waals surface area (Å²) in [5.41, 5.74) is 2.67. The van der Waals surface area contributed by atoms with Gasteiger partial charge in [-0.2, -0.15) is 11.8 Å². The van der Waals surface area contributed by atoms with Crippen LogP contribution in [0.25, 0.3) is 0 Å². The first kappa shape index (κ1) is 11.0. The maximum Gasteiger partial charge on any atom is 0.0300 e. The van der Waals surface area contributed by atoms with Crippen molar-refractivity contribution in [2.24, 2.45) is 0 Å². The number of hydrogen-bond acceptors (Lipinski definition) is 3. The lowest BCUT2D eigenvalue weighted by atomic mass is 10.1. The second kappa shape index (κ2) is 5.52. The first-order valence-corrected chi connectivity index (χ1v) is 6.72. The summed E-state index contributed by atoms with van der Waals surface area (Å²) in [5, 5.41) is 3.64. The Morgan fingerprint density at radius 1 is 1.47 bits per heavy atom. The molecule has 2 nitrogen and oxygen atoms in total. The Morgan fingerprint density at radius 2 is 2.27 bits per heavy atom. The SMILES string of the molecule is Cc1cnccc1CNC1CCSCC1. The predicted molar refractivity (Wildman–Crippen MR) is 66.2 cm³/mol. The molecule has 1 aliphatic rings. The van der Waals surface area contributed by atoms with Gasteiger partial charge >= 0.3 is 0 Å². The number of pyridine rings is 1. The molecule has 0 spiro atoms. The zero-order valence-corrected chi connectivity index (χ0v) is 10.0. The van der Waals surface area contributed by atoms with Crippen molar-refractivity contribution in [3.8, 4) is 0 Å². The molecule has 3 heteroatoms. The number of hydrogen-bond donors (Lipinski definition) is 1. The van der Waals surface area contributed by atoms with Crippen LogP contribution in [0.5, 0.6) is 0 Å². The lowest BCUT2D eigenvalue weighted by molar-refractivity contribution is 0.481. The molecule has 0 atom stereocenters. The molecule has 0 radical (unpaired) electrons. The Labute approximate surface area is 95.9 Å². The van der Waals surface area contributed by atoms with Crippen LogP contribution < -0.4 is 5.32 Å². The Kier molecular flexibility index (Phi) is 4.03. The van der Waals surface area contributed by atoms with E-state index in [1.54, 1.807) is 0 Å². The van der Waals surface area contributed by atoms with Gasteiger partial charge < -0.3 is 5.32 Å². The fourth-order valence-corrected chi connectivity index (χ4v) is 2.96. The number of nitrogens with one attached hydrogen (secondary N) is 1. The standard InChI is InChI=1S/C12H18N2S/c1-10-8-13-5-2-11(10)9-14-12-3-6-15-7-4-12/h2,5,8,12,14H,3-4,6-7,9H2,1H3. The van der Waals surface area contributed by atoms with E-state index < -0.39 is 0 Å². The lowest BCUT2D eigenvalue weighted by Gasteiger charge is -2.22. The molecule has 0 saturated carbocycles. The van der Waals surface area contributed by atoms with Gasteiger partial charge in [-0.25, -0.2) is 0 Å². The zero-order valence-electron chi connectivity index (χ0n) is 9.20. The van der Waals surface area contributed by atoms with Crippen LogP contribution in [0, 0.1) is 6.92 Å². The maximum absolute atomic E-state index is 4.11. The van der Waals surface area contributed by atoms with Gasteiger partial charge in [0.05, 0.1) is 0 Å². The monoisotopic (exact) mass is 222 g/mol. The minimum absolute atomic E-state index is 0.721. The van der Waals surface area contributed by atoms with E-state index in [0.717, 1.165) is 12.6 Å². The highest BCUT2D eigenvalue weighted by atomic mass is 32.2. The number of rotatable bonds is 3. The van der Waals surface area contributed by atoms with Crippen molar-refractivity contribution in [1.82, 2.24) is 10.3 Å². The fraction of sp³-hybridized carbons (Fsp3) is 0.583. The van der Waals surface area contributed by atoms with Crippen LogP contribution >= 0.6 is 11.8 Å². The fourth-order valence-electron chi connectivity index (χ4n) is 1.86. The summed E-state index contributed by atoms with van der Waals surface area (Å²) in [6.45, 7) is 3.12. The van der Waals surface area contributed by atoms with E-state index in [9.17, 15) is 0 Å². The zero-order chi connectivity index (χ0) is 10.5. The summed E-state index contributed by atoms with van der Waals surface area (Å²) < 4.78 is 0. The van der Waals surface area contributed by atoms with Crippen LogP contribution in [-0.2, 0) is 6.54 Å². The molecule has 1 saturated heterocycles. The number of thioether (sulfide) groups is 1. The number of aromatic nitrogens is 1. The Balaban J connectivity index is 1.84. The minimum atomic E-state index is 0.721. The second-order valence-electron chi connectivity index (χ2n) is 4.07. The van der Waals surface area contributed by atoms with Crippen LogP contribution in [0.1, 0.15) is 24.0 Å². The average Bonchev–Trinajstić information content (AvgIpc) is 2.29. The maximum atomic E-state index is 4.11. The molecule has 0 aliphatic carbocycles. The van der Waals surface area contributed by atoms with Gasteiger partial charge in [0.2, 0.25) is 0 Å². The highest BCUT2D eigenvalue weighted by Crippen LogP contribution is 2.17. The van der Waals surface area contributed by atoms with Crippen molar-refractivity contribution in [1.29, 1.82) is 0 Å². The highest BCUT2D eigenvalue weighted by Gasteiger charge is 2.12. The van der Waals surface area contributed by atoms with Crippen molar-refractivity contribution in [2.75, 3.05) is 11.5 Å². The quantitative estimate of drug-likeness (QED) is 0.850. The van der Waals surface area contributed by atoms with E-state index in [0.29, 0.717) is 0 Å². The third-order valence-electron chi connectivity index (χ3n) is 2.94. The number of nitrogens with zero attached hydrogens (tertiary/aromatic N) is 1. The largest absolute Gasteiger partial charge is 0.310 e. The van der Waals surface area contributed by atoms with Crippen molar-refractivity contribution in [3.63, 3.8) is 0 Å².